The van der Waals surface area contributed by atoms with Gasteiger partial charge in [0.1, 0.15) is 0 Å². The molecule has 0 spiro atoms. The highest BCUT2D eigenvalue weighted by Crippen LogP contribution is 2.18. The first-order valence-corrected chi connectivity index (χ1v) is 6.17. The summed E-state index contributed by atoms with van der Waals surface area (Å²) in [5.74, 6) is -0.0133. The first-order valence-electron chi connectivity index (χ1n) is 6.17. The molecule has 1 heterocycles. The summed E-state index contributed by atoms with van der Waals surface area (Å²) in [5.41, 5.74) is 1.49. The van der Waals surface area contributed by atoms with Crippen molar-refractivity contribution in [1.82, 2.24) is 9.78 Å². The molecule has 0 atom stereocenters. The predicted octanol–water partition coefficient (Wildman–Crippen LogP) is 1.67. The highest BCUT2D eigenvalue weighted by Gasteiger charge is 2.22. The SMILES string of the molecule is CC(C)(C)c1nn(Cc2ccc(CO)cc2)c(=O)o1. The Kier molecular flexibility index (Phi) is 3.57. The topological polar surface area (TPSA) is 68.3 Å². The van der Waals surface area contributed by atoms with Crippen molar-refractivity contribution in [2.45, 2.75) is 39.3 Å². The van der Waals surface area contributed by atoms with Gasteiger partial charge in [-0.05, 0) is 11.1 Å². The van der Waals surface area contributed by atoms with E-state index in [9.17, 15) is 4.79 Å². The minimum Gasteiger partial charge on any atom is -0.392 e. The molecule has 0 bridgehead atoms. The molecule has 5 heteroatoms. The van der Waals surface area contributed by atoms with E-state index in [0.717, 1.165) is 11.1 Å². The van der Waals surface area contributed by atoms with Crippen molar-refractivity contribution in [2.24, 2.45) is 0 Å². The van der Waals surface area contributed by atoms with Gasteiger partial charge in [0.25, 0.3) is 0 Å². The average Bonchev–Trinajstić information content (AvgIpc) is 2.72. The molecule has 1 aromatic heterocycles. The summed E-state index contributed by atoms with van der Waals surface area (Å²) in [6.07, 6.45) is 0. The molecule has 0 radical (unpaired) electrons. The third-order valence-corrected chi connectivity index (χ3v) is 2.79. The molecule has 2 rings (SSSR count). The van der Waals surface area contributed by atoms with Crippen LogP contribution in [-0.4, -0.2) is 14.9 Å². The Balaban J connectivity index is 2.23. The van der Waals surface area contributed by atoms with Gasteiger partial charge in [-0.25, -0.2) is 4.79 Å². The number of aliphatic hydroxyl groups is 1. The lowest BCUT2D eigenvalue weighted by Crippen LogP contribution is -2.17. The minimum atomic E-state index is -0.448. The summed E-state index contributed by atoms with van der Waals surface area (Å²) in [6, 6.07) is 7.38. The average molecular weight is 262 g/mol. The van der Waals surface area contributed by atoms with Crippen LogP contribution in [0.15, 0.2) is 33.5 Å². The van der Waals surface area contributed by atoms with Gasteiger partial charge in [-0.1, -0.05) is 45.0 Å². The lowest BCUT2D eigenvalue weighted by atomic mass is 9.97. The molecule has 0 fully saturated rings. The number of nitrogens with zero attached hydrogens (tertiary/aromatic N) is 2. The van der Waals surface area contributed by atoms with Gasteiger partial charge in [-0.15, -0.1) is 5.10 Å². The molecule has 19 heavy (non-hydrogen) atoms. The Bertz CT molecular complexity index is 603. The van der Waals surface area contributed by atoms with Crippen LogP contribution < -0.4 is 5.76 Å². The van der Waals surface area contributed by atoms with Gasteiger partial charge in [-0.2, -0.15) is 4.68 Å². The van der Waals surface area contributed by atoms with E-state index in [1.165, 1.54) is 4.68 Å². The van der Waals surface area contributed by atoms with Crippen LogP contribution in [0.2, 0.25) is 0 Å². The lowest BCUT2D eigenvalue weighted by molar-refractivity contribution is 0.282. The van der Waals surface area contributed by atoms with Crippen LogP contribution in [-0.2, 0) is 18.6 Å². The molecular weight excluding hydrogens is 244 g/mol. The summed E-state index contributed by atoms with van der Waals surface area (Å²) in [7, 11) is 0. The van der Waals surface area contributed by atoms with Crippen LogP contribution in [0.4, 0.5) is 0 Å². The second kappa shape index (κ2) is 5.01. The first-order chi connectivity index (χ1) is 8.90. The van der Waals surface area contributed by atoms with Gasteiger partial charge in [0.05, 0.1) is 13.2 Å². The molecule has 0 saturated carbocycles. The zero-order chi connectivity index (χ0) is 14.0. The molecule has 0 aliphatic carbocycles. The Hall–Kier alpha value is -1.88. The molecule has 0 aliphatic rings. The molecule has 5 nitrogen and oxygen atoms in total. The Labute approximate surface area is 111 Å². The van der Waals surface area contributed by atoms with Crippen LogP contribution >= 0.6 is 0 Å². The van der Waals surface area contributed by atoms with E-state index >= 15 is 0 Å². The number of aromatic nitrogens is 2. The fraction of sp³-hybridized carbons (Fsp3) is 0.429. The largest absolute Gasteiger partial charge is 0.437 e. The van der Waals surface area contributed by atoms with E-state index in [0.29, 0.717) is 12.4 Å². The minimum absolute atomic E-state index is 0.0123. The standard InChI is InChI=1S/C14H18N2O3/c1-14(2,3)12-15-16(13(18)19-12)8-10-4-6-11(9-17)7-5-10/h4-7,17H,8-9H2,1-3H3. The maximum absolute atomic E-state index is 11.7. The highest BCUT2D eigenvalue weighted by atomic mass is 16.4. The van der Waals surface area contributed by atoms with E-state index in [2.05, 4.69) is 5.10 Å². The third kappa shape index (κ3) is 3.12. The van der Waals surface area contributed by atoms with E-state index in [4.69, 9.17) is 9.52 Å². The van der Waals surface area contributed by atoms with Crippen molar-refractivity contribution < 1.29 is 9.52 Å². The van der Waals surface area contributed by atoms with E-state index in [1.54, 1.807) is 0 Å². The molecule has 0 aliphatic heterocycles. The van der Waals surface area contributed by atoms with Crippen molar-refractivity contribution in [2.75, 3.05) is 0 Å². The van der Waals surface area contributed by atoms with Crippen molar-refractivity contribution in [3.05, 3.63) is 51.8 Å². The zero-order valence-electron chi connectivity index (χ0n) is 11.4. The Morgan fingerprint density at radius 2 is 1.79 bits per heavy atom. The van der Waals surface area contributed by atoms with Crippen molar-refractivity contribution in [3.63, 3.8) is 0 Å². The maximum Gasteiger partial charge on any atom is 0.437 e. The summed E-state index contributed by atoms with van der Waals surface area (Å²) >= 11 is 0. The Morgan fingerprint density at radius 1 is 1.21 bits per heavy atom. The van der Waals surface area contributed by atoms with E-state index < -0.39 is 5.76 Å². The van der Waals surface area contributed by atoms with Crippen LogP contribution in [0.25, 0.3) is 0 Å². The summed E-state index contributed by atoms with van der Waals surface area (Å²) in [4.78, 5) is 11.7. The molecule has 2 aromatic rings. The van der Waals surface area contributed by atoms with Crippen LogP contribution in [0.5, 0.6) is 0 Å². The van der Waals surface area contributed by atoms with Gasteiger partial charge in [0.2, 0.25) is 5.89 Å². The molecular formula is C14H18N2O3. The molecule has 0 unspecified atom stereocenters. The van der Waals surface area contributed by atoms with Crippen molar-refractivity contribution in [1.29, 1.82) is 0 Å². The van der Waals surface area contributed by atoms with Gasteiger partial charge in [-0.3, -0.25) is 0 Å². The van der Waals surface area contributed by atoms with Gasteiger partial charge in [0.15, 0.2) is 0 Å². The molecule has 0 saturated heterocycles. The van der Waals surface area contributed by atoms with Gasteiger partial charge in [0, 0.05) is 5.41 Å². The number of hydrogen-bond acceptors (Lipinski definition) is 4. The lowest BCUT2D eigenvalue weighted by Gasteiger charge is -2.10. The maximum atomic E-state index is 11.7. The second-order valence-electron chi connectivity index (χ2n) is 5.56. The third-order valence-electron chi connectivity index (χ3n) is 2.79. The van der Waals surface area contributed by atoms with Crippen LogP contribution in [0, 0.1) is 0 Å². The smallest absolute Gasteiger partial charge is 0.392 e. The normalized spacial score (nSPS) is 11.8. The monoisotopic (exact) mass is 262 g/mol. The molecule has 1 N–H and O–H groups in total. The highest BCUT2D eigenvalue weighted by molar-refractivity contribution is 5.22. The van der Waals surface area contributed by atoms with E-state index in [-0.39, 0.29) is 12.0 Å². The zero-order valence-corrected chi connectivity index (χ0v) is 11.4. The fourth-order valence-corrected chi connectivity index (χ4v) is 1.63. The molecule has 102 valence electrons. The number of aliphatic hydroxyl groups excluding tert-OH is 1. The number of benzene rings is 1. The summed E-state index contributed by atoms with van der Waals surface area (Å²) in [6.45, 7) is 6.21. The number of rotatable bonds is 3. The van der Waals surface area contributed by atoms with E-state index in [1.807, 2.05) is 45.0 Å². The van der Waals surface area contributed by atoms with Crippen LogP contribution in [0.1, 0.15) is 37.8 Å². The summed E-state index contributed by atoms with van der Waals surface area (Å²) < 4.78 is 6.47. The molecule has 1 aromatic carbocycles. The van der Waals surface area contributed by atoms with Gasteiger partial charge < -0.3 is 9.52 Å². The number of hydrogen-bond donors (Lipinski definition) is 1. The second-order valence-corrected chi connectivity index (χ2v) is 5.56. The van der Waals surface area contributed by atoms with Gasteiger partial charge >= 0.3 is 5.76 Å². The quantitative estimate of drug-likeness (QED) is 0.913. The van der Waals surface area contributed by atoms with Crippen LogP contribution in [0.3, 0.4) is 0 Å². The predicted molar refractivity (Wildman–Crippen MR) is 70.9 cm³/mol. The van der Waals surface area contributed by atoms with Crippen molar-refractivity contribution in [3.8, 4) is 0 Å². The van der Waals surface area contributed by atoms with Crippen molar-refractivity contribution >= 4 is 0 Å². The Morgan fingerprint density at radius 3 is 2.26 bits per heavy atom. The fourth-order valence-electron chi connectivity index (χ4n) is 1.63. The first kappa shape index (κ1) is 13.5. The summed E-state index contributed by atoms with van der Waals surface area (Å²) in [5, 5.41) is 13.2. The molecule has 0 amide bonds.